The summed E-state index contributed by atoms with van der Waals surface area (Å²) in [7, 11) is 0. The summed E-state index contributed by atoms with van der Waals surface area (Å²) >= 11 is 0. The van der Waals surface area contributed by atoms with Crippen LogP contribution in [0.25, 0.3) is 0 Å². The number of nitrogens with zero attached hydrogens (tertiary/aromatic N) is 1. The number of hydrogen-bond donors (Lipinski definition) is 2. The van der Waals surface area contributed by atoms with Crippen LogP contribution in [-0.2, 0) is 4.79 Å². The van der Waals surface area contributed by atoms with Gasteiger partial charge in [0.2, 0.25) is 5.91 Å². The van der Waals surface area contributed by atoms with Gasteiger partial charge in [-0.05, 0) is 6.07 Å². The van der Waals surface area contributed by atoms with Crippen molar-refractivity contribution in [2.45, 2.75) is 12.8 Å². The molecule has 0 atom stereocenters. The molecule has 1 aromatic rings. The molecule has 0 heterocycles. The fourth-order valence-electron chi connectivity index (χ4n) is 1.20. The van der Waals surface area contributed by atoms with E-state index in [1.807, 2.05) is 0 Å². The van der Waals surface area contributed by atoms with Crippen LogP contribution < -0.4 is 5.32 Å². The van der Waals surface area contributed by atoms with Crippen LogP contribution in [0.15, 0.2) is 18.2 Å². The highest BCUT2D eigenvalue weighted by atomic mass is 16.6. The number of phenols is 1. The molecule has 1 aromatic carbocycles. The third-order valence-corrected chi connectivity index (χ3v) is 1.98. The van der Waals surface area contributed by atoms with Gasteiger partial charge in [-0.15, -0.1) is 12.3 Å². The molecule has 0 saturated carbocycles. The Hall–Kier alpha value is -2.55. The highest BCUT2D eigenvalue weighted by Crippen LogP contribution is 2.33. The number of para-hydroxylation sites is 1. The van der Waals surface area contributed by atoms with E-state index < -0.39 is 10.8 Å². The molecular weight excluding hydrogens is 224 g/mol. The standard InChI is InChI=1S/C11H10N2O4/c1-2-3-7-10(15)12-11-8(13(16)17)5-4-6-9(11)14/h1,4-6,14H,3,7H2,(H,12,15). The fourth-order valence-corrected chi connectivity index (χ4v) is 1.20. The van der Waals surface area contributed by atoms with Gasteiger partial charge >= 0.3 is 0 Å². The van der Waals surface area contributed by atoms with Gasteiger partial charge in [-0.3, -0.25) is 14.9 Å². The Labute approximate surface area is 97.4 Å². The number of rotatable bonds is 4. The monoisotopic (exact) mass is 234 g/mol. The van der Waals surface area contributed by atoms with E-state index in [-0.39, 0.29) is 30.0 Å². The molecule has 0 aliphatic carbocycles. The maximum absolute atomic E-state index is 11.4. The number of carbonyl (C=O) groups excluding carboxylic acids is 1. The van der Waals surface area contributed by atoms with E-state index in [2.05, 4.69) is 11.2 Å². The Balaban J connectivity index is 2.94. The van der Waals surface area contributed by atoms with Crippen LogP contribution in [0.4, 0.5) is 11.4 Å². The van der Waals surface area contributed by atoms with Gasteiger partial charge in [0, 0.05) is 18.9 Å². The van der Waals surface area contributed by atoms with Crippen molar-refractivity contribution < 1.29 is 14.8 Å². The minimum absolute atomic E-state index is 0.0436. The molecular formula is C11H10N2O4. The second-order valence-electron chi connectivity index (χ2n) is 3.18. The van der Waals surface area contributed by atoms with Gasteiger partial charge < -0.3 is 10.4 Å². The average molecular weight is 234 g/mol. The summed E-state index contributed by atoms with van der Waals surface area (Å²) in [5.41, 5.74) is -0.571. The maximum atomic E-state index is 11.4. The highest BCUT2D eigenvalue weighted by molar-refractivity contribution is 5.95. The number of aromatic hydroxyl groups is 1. The molecule has 0 fully saturated rings. The minimum Gasteiger partial charge on any atom is -0.505 e. The molecule has 0 aliphatic rings. The Bertz CT molecular complexity index is 491. The van der Waals surface area contributed by atoms with Gasteiger partial charge in [0.25, 0.3) is 5.69 Å². The van der Waals surface area contributed by atoms with E-state index in [4.69, 9.17) is 6.42 Å². The van der Waals surface area contributed by atoms with Gasteiger partial charge in [0.05, 0.1) is 4.92 Å². The molecule has 0 spiro atoms. The molecule has 0 saturated heterocycles. The normalized spacial score (nSPS) is 9.35. The molecule has 6 heteroatoms. The first kappa shape index (κ1) is 12.5. The maximum Gasteiger partial charge on any atom is 0.296 e. The molecule has 1 rings (SSSR count). The molecule has 0 unspecified atom stereocenters. The van der Waals surface area contributed by atoms with Crippen LogP contribution >= 0.6 is 0 Å². The van der Waals surface area contributed by atoms with Gasteiger partial charge in [0.15, 0.2) is 5.69 Å². The largest absolute Gasteiger partial charge is 0.505 e. The van der Waals surface area contributed by atoms with E-state index in [1.54, 1.807) is 0 Å². The van der Waals surface area contributed by atoms with Crippen molar-refractivity contribution in [1.29, 1.82) is 0 Å². The summed E-state index contributed by atoms with van der Waals surface area (Å²) in [6.45, 7) is 0. The van der Waals surface area contributed by atoms with Gasteiger partial charge in [-0.2, -0.15) is 0 Å². The zero-order chi connectivity index (χ0) is 12.8. The number of amides is 1. The number of hydrogen-bond acceptors (Lipinski definition) is 4. The van der Waals surface area contributed by atoms with Crippen LogP contribution in [0.2, 0.25) is 0 Å². The molecule has 17 heavy (non-hydrogen) atoms. The zero-order valence-corrected chi connectivity index (χ0v) is 8.84. The Kier molecular flexibility index (Phi) is 4.06. The number of anilines is 1. The molecule has 88 valence electrons. The highest BCUT2D eigenvalue weighted by Gasteiger charge is 2.18. The van der Waals surface area contributed by atoms with E-state index in [0.29, 0.717) is 0 Å². The van der Waals surface area contributed by atoms with Crippen molar-refractivity contribution in [1.82, 2.24) is 0 Å². The first-order valence-electron chi connectivity index (χ1n) is 4.76. The number of benzene rings is 1. The lowest BCUT2D eigenvalue weighted by atomic mass is 10.2. The SMILES string of the molecule is C#CCCC(=O)Nc1c(O)cccc1[N+](=O)[O-]. The number of nitrogens with one attached hydrogen (secondary N) is 1. The summed E-state index contributed by atoms with van der Waals surface area (Å²) < 4.78 is 0. The number of phenolic OH excluding ortho intramolecular Hbond substituents is 1. The van der Waals surface area contributed by atoms with Crippen molar-refractivity contribution >= 4 is 17.3 Å². The summed E-state index contributed by atoms with van der Waals surface area (Å²) in [6, 6.07) is 3.77. The first-order chi connectivity index (χ1) is 8.06. The summed E-state index contributed by atoms with van der Waals surface area (Å²) in [5, 5.41) is 22.4. The molecule has 0 bridgehead atoms. The summed E-state index contributed by atoms with van der Waals surface area (Å²) in [6.07, 6.45) is 5.26. The second-order valence-corrected chi connectivity index (χ2v) is 3.18. The predicted molar refractivity (Wildman–Crippen MR) is 61.5 cm³/mol. The average Bonchev–Trinajstić information content (AvgIpc) is 2.28. The first-order valence-corrected chi connectivity index (χ1v) is 4.76. The van der Waals surface area contributed by atoms with Crippen LogP contribution in [0.5, 0.6) is 5.75 Å². The Morgan fingerprint density at radius 3 is 2.88 bits per heavy atom. The van der Waals surface area contributed by atoms with E-state index in [9.17, 15) is 20.0 Å². The third-order valence-electron chi connectivity index (χ3n) is 1.98. The lowest BCUT2D eigenvalue weighted by Gasteiger charge is -2.06. The fraction of sp³-hybridized carbons (Fsp3) is 0.182. The number of carbonyl (C=O) groups is 1. The lowest BCUT2D eigenvalue weighted by molar-refractivity contribution is -0.384. The van der Waals surface area contributed by atoms with E-state index in [1.165, 1.54) is 18.2 Å². The van der Waals surface area contributed by atoms with Crippen molar-refractivity contribution in [2.24, 2.45) is 0 Å². The van der Waals surface area contributed by atoms with E-state index in [0.717, 1.165) is 0 Å². The molecule has 2 N–H and O–H groups in total. The Morgan fingerprint density at radius 1 is 1.59 bits per heavy atom. The molecule has 0 radical (unpaired) electrons. The van der Waals surface area contributed by atoms with E-state index >= 15 is 0 Å². The number of terminal acetylenes is 1. The van der Waals surface area contributed by atoms with Crippen LogP contribution in [0.3, 0.4) is 0 Å². The van der Waals surface area contributed by atoms with Crippen molar-refractivity contribution in [3.8, 4) is 18.1 Å². The van der Waals surface area contributed by atoms with Gasteiger partial charge in [-0.25, -0.2) is 0 Å². The van der Waals surface area contributed by atoms with Crippen LogP contribution in [0, 0.1) is 22.5 Å². The number of nitro benzene ring substituents is 1. The smallest absolute Gasteiger partial charge is 0.296 e. The minimum atomic E-state index is -0.684. The third kappa shape index (κ3) is 3.21. The van der Waals surface area contributed by atoms with Crippen LogP contribution in [0.1, 0.15) is 12.8 Å². The molecule has 0 aliphatic heterocycles. The van der Waals surface area contributed by atoms with Crippen molar-refractivity contribution in [3.63, 3.8) is 0 Å². The summed E-state index contributed by atoms with van der Waals surface area (Å²) in [5.74, 6) is 1.45. The predicted octanol–water partition coefficient (Wildman–Crippen LogP) is 1.65. The second kappa shape index (κ2) is 5.51. The lowest BCUT2D eigenvalue weighted by Crippen LogP contribution is -2.12. The number of nitro groups is 1. The quantitative estimate of drug-likeness (QED) is 0.358. The van der Waals surface area contributed by atoms with Crippen molar-refractivity contribution in [2.75, 3.05) is 5.32 Å². The molecule has 6 nitrogen and oxygen atoms in total. The topological polar surface area (TPSA) is 92.5 Å². The molecule has 0 aromatic heterocycles. The van der Waals surface area contributed by atoms with Gasteiger partial charge in [0.1, 0.15) is 5.75 Å². The molecule has 1 amide bonds. The van der Waals surface area contributed by atoms with Crippen molar-refractivity contribution in [3.05, 3.63) is 28.3 Å². The van der Waals surface area contributed by atoms with Gasteiger partial charge in [-0.1, -0.05) is 6.07 Å². The van der Waals surface area contributed by atoms with Crippen LogP contribution in [-0.4, -0.2) is 15.9 Å². The zero-order valence-electron chi connectivity index (χ0n) is 8.84. The summed E-state index contributed by atoms with van der Waals surface area (Å²) in [4.78, 5) is 21.4. The Morgan fingerprint density at radius 2 is 2.29 bits per heavy atom.